The topological polar surface area (TPSA) is 81.1 Å². The van der Waals surface area contributed by atoms with E-state index in [1.807, 2.05) is 4.90 Å². The third kappa shape index (κ3) is 7.42. The molecule has 0 spiro atoms. The summed E-state index contributed by atoms with van der Waals surface area (Å²) in [5.74, 6) is 0.503. The van der Waals surface area contributed by atoms with E-state index in [1.54, 1.807) is 0 Å². The molecule has 6 nitrogen and oxygen atoms in total. The molecule has 0 bridgehead atoms. The highest BCUT2D eigenvalue weighted by Gasteiger charge is 2.33. The van der Waals surface area contributed by atoms with E-state index in [1.165, 1.54) is 11.4 Å². The van der Waals surface area contributed by atoms with Gasteiger partial charge in [0.2, 0.25) is 10.0 Å². The van der Waals surface area contributed by atoms with Gasteiger partial charge in [0, 0.05) is 26.2 Å². The maximum absolute atomic E-state index is 12.8. The van der Waals surface area contributed by atoms with E-state index >= 15 is 0 Å². The van der Waals surface area contributed by atoms with Gasteiger partial charge in [-0.15, -0.1) is 0 Å². The number of aliphatic hydroxyl groups is 2. The van der Waals surface area contributed by atoms with Crippen LogP contribution in [-0.2, 0) is 16.2 Å². The summed E-state index contributed by atoms with van der Waals surface area (Å²) in [5.41, 5.74) is -0.869. The highest BCUT2D eigenvalue weighted by atomic mass is 32.2. The molecule has 2 rings (SSSR count). The van der Waals surface area contributed by atoms with Crippen molar-refractivity contribution in [2.75, 3.05) is 39.9 Å². The Morgan fingerprint density at radius 2 is 1.52 bits per heavy atom. The lowest BCUT2D eigenvalue weighted by Crippen LogP contribution is -2.39. The highest BCUT2D eigenvalue weighted by molar-refractivity contribution is 7.89. The lowest BCUT2D eigenvalue weighted by atomic mass is 9.83. The van der Waals surface area contributed by atoms with Gasteiger partial charge in [0.1, 0.15) is 0 Å². The molecule has 1 aromatic carbocycles. The number of rotatable bonds is 11. The molecule has 2 N–H and O–H groups in total. The molecule has 0 atom stereocenters. The largest absolute Gasteiger partial charge is 0.416 e. The molecular formula is C21H33F3N2O4S. The number of halogens is 3. The fraction of sp³-hybridized carbons (Fsp3) is 0.714. The normalized spacial score (nSPS) is 20.5. The first-order valence-corrected chi connectivity index (χ1v) is 12.1. The molecular weight excluding hydrogens is 433 g/mol. The van der Waals surface area contributed by atoms with Crippen LogP contribution in [0.5, 0.6) is 0 Å². The van der Waals surface area contributed by atoms with Crippen LogP contribution in [0.3, 0.4) is 0 Å². The maximum Gasteiger partial charge on any atom is 0.416 e. The van der Waals surface area contributed by atoms with Crippen molar-refractivity contribution in [1.29, 1.82) is 0 Å². The standard InChI is InChI=1S/C21H33F3N2O4S/c1-25(31(29,30)20-10-6-18(7-11-20)21(22,23)24)19-8-4-17(5-9-19)3-2-12-26(13-15-27)14-16-28/h6-7,10-11,17,19,27-28H,2-5,8-9,12-16H2,1H3. The van der Waals surface area contributed by atoms with Crippen LogP contribution in [-0.4, -0.2) is 73.8 Å². The van der Waals surface area contributed by atoms with Crippen LogP contribution in [0, 0.1) is 5.92 Å². The molecule has 0 saturated heterocycles. The van der Waals surface area contributed by atoms with Gasteiger partial charge in [-0.1, -0.05) is 0 Å². The number of sulfonamides is 1. The molecule has 1 aliphatic rings. The van der Waals surface area contributed by atoms with Crippen LogP contribution in [0.4, 0.5) is 13.2 Å². The molecule has 178 valence electrons. The Labute approximate surface area is 182 Å². The van der Waals surface area contributed by atoms with Gasteiger partial charge in [0.05, 0.1) is 23.7 Å². The van der Waals surface area contributed by atoms with Gasteiger partial charge in [-0.05, 0) is 75.3 Å². The zero-order chi connectivity index (χ0) is 23.1. The average Bonchev–Trinajstić information content (AvgIpc) is 2.73. The van der Waals surface area contributed by atoms with Gasteiger partial charge >= 0.3 is 6.18 Å². The van der Waals surface area contributed by atoms with Crippen LogP contribution >= 0.6 is 0 Å². The maximum atomic E-state index is 12.8. The summed E-state index contributed by atoms with van der Waals surface area (Å²) in [6, 6.07) is 3.47. The quantitative estimate of drug-likeness (QED) is 0.524. The Balaban J connectivity index is 1.86. The first-order valence-electron chi connectivity index (χ1n) is 10.7. The fourth-order valence-corrected chi connectivity index (χ4v) is 5.61. The smallest absolute Gasteiger partial charge is 0.395 e. The van der Waals surface area contributed by atoms with Crippen LogP contribution in [0.2, 0.25) is 0 Å². The van der Waals surface area contributed by atoms with E-state index < -0.39 is 21.8 Å². The number of hydrogen-bond acceptors (Lipinski definition) is 5. The first-order chi connectivity index (χ1) is 14.6. The number of alkyl halides is 3. The van der Waals surface area contributed by atoms with Crippen molar-refractivity contribution in [1.82, 2.24) is 9.21 Å². The van der Waals surface area contributed by atoms with Crippen molar-refractivity contribution in [3.8, 4) is 0 Å². The molecule has 0 heterocycles. The van der Waals surface area contributed by atoms with Gasteiger partial charge in [0.15, 0.2) is 0 Å². The minimum absolute atomic E-state index is 0.0604. The van der Waals surface area contributed by atoms with Crippen LogP contribution in [0.1, 0.15) is 44.1 Å². The second-order valence-corrected chi connectivity index (χ2v) is 10.1. The molecule has 0 unspecified atom stereocenters. The number of aliphatic hydroxyl groups excluding tert-OH is 2. The Morgan fingerprint density at radius 1 is 0.968 bits per heavy atom. The predicted octanol–water partition coefficient (Wildman–Crippen LogP) is 2.95. The second kappa shape index (κ2) is 11.6. The van der Waals surface area contributed by atoms with E-state index in [0.717, 1.165) is 69.3 Å². The summed E-state index contributed by atoms with van der Waals surface area (Å²) in [6.07, 6.45) is 0.704. The van der Waals surface area contributed by atoms with E-state index in [-0.39, 0.29) is 24.2 Å². The van der Waals surface area contributed by atoms with Crippen molar-refractivity contribution < 1.29 is 31.8 Å². The summed E-state index contributed by atoms with van der Waals surface area (Å²) in [7, 11) is -2.35. The van der Waals surface area contributed by atoms with Crippen molar-refractivity contribution in [3.63, 3.8) is 0 Å². The molecule has 0 amide bonds. The SMILES string of the molecule is CN(C1CCC(CCCN(CCO)CCO)CC1)S(=O)(=O)c1ccc(C(F)(F)F)cc1. The van der Waals surface area contributed by atoms with Crippen molar-refractivity contribution in [3.05, 3.63) is 29.8 Å². The zero-order valence-electron chi connectivity index (χ0n) is 17.9. The van der Waals surface area contributed by atoms with Gasteiger partial charge in [-0.25, -0.2) is 8.42 Å². The third-order valence-electron chi connectivity index (χ3n) is 6.11. The molecule has 1 fully saturated rings. The van der Waals surface area contributed by atoms with Crippen molar-refractivity contribution in [2.24, 2.45) is 5.92 Å². The second-order valence-electron chi connectivity index (χ2n) is 8.15. The summed E-state index contributed by atoms with van der Waals surface area (Å²) in [5, 5.41) is 18.1. The summed E-state index contributed by atoms with van der Waals surface area (Å²) < 4.78 is 65.2. The number of benzene rings is 1. The molecule has 10 heteroatoms. The minimum Gasteiger partial charge on any atom is -0.395 e. The Hall–Kier alpha value is -1.20. The molecule has 0 aliphatic heterocycles. The van der Waals surface area contributed by atoms with Gasteiger partial charge < -0.3 is 10.2 Å². The van der Waals surface area contributed by atoms with Crippen molar-refractivity contribution >= 4 is 10.0 Å². The van der Waals surface area contributed by atoms with Crippen LogP contribution in [0.25, 0.3) is 0 Å². The van der Waals surface area contributed by atoms with Gasteiger partial charge in [-0.3, -0.25) is 4.90 Å². The Morgan fingerprint density at radius 3 is 2.00 bits per heavy atom. The molecule has 1 aromatic rings. The van der Waals surface area contributed by atoms with E-state index in [2.05, 4.69) is 0 Å². The summed E-state index contributed by atoms with van der Waals surface area (Å²) in [6.45, 7) is 2.01. The summed E-state index contributed by atoms with van der Waals surface area (Å²) in [4.78, 5) is 1.90. The summed E-state index contributed by atoms with van der Waals surface area (Å²) >= 11 is 0. The van der Waals surface area contributed by atoms with Gasteiger partial charge in [-0.2, -0.15) is 17.5 Å². The van der Waals surface area contributed by atoms with Gasteiger partial charge in [0.25, 0.3) is 0 Å². The van der Waals surface area contributed by atoms with E-state index in [4.69, 9.17) is 10.2 Å². The predicted molar refractivity (Wildman–Crippen MR) is 112 cm³/mol. The lowest BCUT2D eigenvalue weighted by Gasteiger charge is -2.34. The average molecular weight is 467 g/mol. The Kier molecular flexibility index (Phi) is 9.75. The zero-order valence-corrected chi connectivity index (χ0v) is 18.7. The molecule has 1 aliphatic carbocycles. The first kappa shape index (κ1) is 26.1. The number of hydrogen-bond donors (Lipinski definition) is 2. The third-order valence-corrected chi connectivity index (χ3v) is 8.03. The lowest BCUT2D eigenvalue weighted by molar-refractivity contribution is -0.137. The van der Waals surface area contributed by atoms with E-state index in [0.29, 0.717) is 19.0 Å². The fourth-order valence-electron chi connectivity index (χ4n) is 4.20. The van der Waals surface area contributed by atoms with Crippen molar-refractivity contribution in [2.45, 2.75) is 55.6 Å². The molecule has 1 saturated carbocycles. The molecule has 31 heavy (non-hydrogen) atoms. The molecule has 0 aromatic heterocycles. The Bertz CT molecular complexity index is 758. The number of nitrogens with zero attached hydrogens (tertiary/aromatic N) is 2. The monoisotopic (exact) mass is 466 g/mol. The highest BCUT2D eigenvalue weighted by Crippen LogP contribution is 2.33. The van der Waals surface area contributed by atoms with Crippen LogP contribution < -0.4 is 0 Å². The molecule has 0 radical (unpaired) electrons. The minimum atomic E-state index is -4.50. The van der Waals surface area contributed by atoms with Crippen LogP contribution in [0.15, 0.2) is 29.2 Å². The van der Waals surface area contributed by atoms with E-state index in [9.17, 15) is 21.6 Å².